The summed E-state index contributed by atoms with van der Waals surface area (Å²) in [6.45, 7) is 1.28. The number of methoxy groups -OCH3 is 2. The Kier molecular flexibility index (Phi) is 5.95. The van der Waals surface area contributed by atoms with Crippen molar-refractivity contribution in [3.63, 3.8) is 0 Å². The molecule has 0 saturated carbocycles. The van der Waals surface area contributed by atoms with E-state index >= 15 is 0 Å². The molecule has 0 spiro atoms. The Labute approximate surface area is 112 Å². The normalized spacial score (nSPS) is 10.2. The van der Waals surface area contributed by atoms with Gasteiger partial charge in [0.05, 0.1) is 14.2 Å². The molecule has 0 atom stereocenters. The average molecular weight is 268 g/mol. The number of carbonyl (C=O) groups excluding carboxylic acids is 1. The fourth-order valence-corrected chi connectivity index (χ4v) is 1.67. The Bertz CT molecular complexity index is 410. The first-order valence-corrected chi connectivity index (χ1v) is 6.01. The highest BCUT2D eigenvalue weighted by molar-refractivity contribution is 5.73. The topological polar surface area (TPSA) is 93.8 Å². The van der Waals surface area contributed by atoms with E-state index in [0.29, 0.717) is 37.4 Å². The third-order valence-electron chi connectivity index (χ3n) is 2.65. The van der Waals surface area contributed by atoms with E-state index in [-0.39, 0.29) is 11.7 Å². The van der Waals surface area contributed by atoms with Crippen LogP contribution in [0.4, 0.5) is 0 Å². The highest BCUT2D eigenvalue weighted by Crippen LogP contribution is 2.36. The largest absolute Gasteiger partial charge is 0.502 e. The van der Waals surface area contributed by atoms with Crippen LogP contribution in [0, 0.1) is 0 Å². The summed E-state index contributed by atoms with van der Waals surface area (Å²) in [6, 6.07) is 3.47. The van der Waals surface area contributed by atoms with E-state index in [1.807, 2.05) is 0 Å². The van der Waals surface area contributed by atoms with Crippen LogP contribution in [0.3, 0.4) is 0 Å². The number of aromatic hydroxyl groups is 1. The molecule has 1 rings (SSSR count). The monoisotopic (exact) mass is 268 g/mol. The summed E-state index contributed by atoms with van der Waals surface area (Å²) in [5.74, 6) is 0.429. The molecular weight excluding hydrogens is 248 g/mol. The van der Waals surface area contributed by atoms with Crippen molar-refractivity contribution in [1.82, 2.24) is 5.32 Å². The minimum Gasteiger partial charge on any atom is -0.502 e. The third kappa shape index (κ3) is 4.67. The number of rotatable bonds is 8. The molecule has 0 saturated heterocycles. The predicted molar refractivity (Wildman–Crippen MR) is 71.3 cm³/mol. The Morgan fingerprint density at radius 3 is 2.37 bits per heavy atom. The SMILES string of the molecule is COc1cc(CNCCCC(N)=O)cc(OC)c1O. The summed E-state index contributed by atoms with van der Waals surface area (Å²) in [5.41, 5.74) is 5.97. The molecule has 0 unspecified atom stereocenters. The maximum Gasteiger partial charge on any atom is 0.217 e. The fourth-order valence-electron chi connectivity index (χ4n) is 1.67. The lowest BCUT2D eigenvalue weighted by atomic mass is 10.1. The first-order valence-electron chi connectivity index (χ1n) is 6.01. The second-order valence-corrected chi connectivity index (χ2v) is 4.10. The number of phenols is 1. The molecule has 0 bridgehead atoms. The van der Waals surface area contributed by atoms with Crippen molar-refractivity contribution in [2.75, 3.05) is 20.8 Å². The Hall–Kier alpha value is -1.95. The van der Waals surface area contributed by atoms with Crippen LogP contribution >= 0.6 is 0 Å². The van der Waals surface area contributed by atoms with Gasteiger partial charge in [0.1, 0.15) is 0 Å². The summed E-state index contributed by atoms with van der Waals surface area (Å²) in [7, 11) is 2.97. The van der Waals surface area contributed by atoms with E-state index in [2.05, 4.69) is 5.32 Å². The predicted octanol–water partition coefficient (Wildman–Crippen LogP) is 0.764. The lowest BCUT2D eigenvalue weighted by Crippen LogP contribution is -2.18. The number of nitrogens with one attached hydrogen (secondary N) is 1. The van der Waals surface area contributed by atoms with Crippen LogP contribution in [-0.4, -0.2) is 31.8 Å². The number of amides is 1. The molecule has 0 fully saturated rings. The molecule has 6 heteroatoms. The number of benzene rings is 1. The number of hydrogen-bond donors (Lipinski definition) is 3. The van der Waals surface area contributed by atoms with Crippen LogP contribution in [0.15, 0.2) is 12.1 Å². The summed E-state index contributed by atoms with van der Waals surface area (Å²) >= 11 is 0. The number of primary amides is 1. The first-order chi connectivity index (χ1) is 9.08. The van der Waals surface area contributed by atoms with Gasteiger partial charge in [0.2, 0.25) is 11.7 Å². The molecule has 0 aliphatic carbocycles. The smallest absolute Gasteiger partial charge is 0.217 e. The van der Waals surface area contributed by atoms with Crippen LogP contribution in [0.1, 0.15) is 18.4 Å². The summed E-state index contributed by atoms with van der Waals surface area (Å²) < 4.78 is 10.1. The van der Waals surface area contributed by atoms with Crippen LogP contribution in [0.5, 0.6) is 17.2 Å². The van der Waals surface area contributed by atoms with E-state index in [4.69, 9.17) is 15.2 Å². The molecule has 0 heterocycles. The molecule has 0 aliphatic heterocycles. The molecule has 0 aliphatic rings. The second kappa shape index (κ2) is 7.48. The molecule has 106 valence electrons. The lowest BCUT2D eigenvalue weighted by Gasteiger charge is -2.11. The number of ether oxygens (including phenoxy) is 2. The van der Waals surface area contributed by atoms with Gasteiger partial charge in [-0.1, -0.05) is 0 Å². The molecule has 6 nitrogen and oxygen atoms in total. The number of phenolic OH excluding ortho intramolecular Hbond substituents is 1. The summed E-state index contributed by atoms with van der Waals surface area (Å²) in [5, 5.41) is 12.9. The van der Waals surface area contributed by atoms with E-state index < -0.39 is 0 Å². The van der Waals surface area contributed by atoms with Crippen LogP contribution < -0.4 is 20.5 Å². The van der Waals surface area contributed by atoms with Gasteiger partial charge >= 0.3 is 0 Å². The molecule has 4 N–H and O–H groups in total. The van der Waals surface area contributed by atoms with Crippen LogP contribution in [-0.2, 0) is 11.3 Å². The van der Waals surface area contributed by atoms with Crippen molar-refractivity contribution in [3.05, 3.63) is 17.7 Å². The average Bonchev–Trinajstić information content (AvgIpc) is 2.39. The van der Waals surface area contributed by atoms with Gasteiger partial charge in [-0.3, -0.25) is 4.79 Å². The van der Waals surface area contributed by atoms with Gasteiger partial charge < -0.3 is 25.6 Å². The third-order valence-corrected chi connectivity index (χ3v) is 2.65. The number of nitrogens with two attached hydrogens (primary N) is 1. The summed E-state index contributed by atoms with van der Waals surface area (Å²) in [6.07, 6.45) is 1.07. The van der Waals surface area contributed by atoms with Gasteiger partial charge in [-0.05, 0) is 30.7 Å². The van der Waals surface area contributed by atoms with Crippen molar-refractivity contribution < 1.29 is 19.4 Å². The maximum absolute atomic E-state index is 10.6. The summed E-state index contributed by atoms with van der Waals surface area (Å²) in [4.78, 5) is 10.6. The van der Waals surface area contributed by atoms with Crippen molar-refractivity contribution in [1.29, 1.82) is 0 Å². The van der Waals surface area contributed by atoms with Crippen LogP contribution in [0.2, 0.25) is 0 Å². The molecule has 1 aromatic carbocycles. The zero-order valence-corrected chi connectivity index (χ0v) is 11.2. The molecule has 0 radical (unpaired) electrons. The van der Waals surface area contributed by atoms with Gasteiger partial charge in [-0.25, -0.2) is 0 Å². The van der Waals surface area contributed by atoms with Gasteiger partial charge in [-0.15, -0.1) is 0 Å². The van der Waals surface area contributed by atoms with Crippen LogP contribution in [0.25, 0.3) is 0 Å². The minimum atomic E-state index is -0.297. The molecule has 0 aromatic heterocycles. The van der Waals surface area contributed by atoms with E-state index in [9.17, 15) is 9.90 Å². The lowest BCUT2D eigenvalue weighted by molar-refractivity contribution is -0.118. The molecule has 1 aromatic rings. The zero-order valence-electron chi connectivity index (χ0n) is 11.2. The molecule has 19 heavy (non-hydrogen) atoms. The quantitative estimate of drug-likeness (QED) is 0.605. The van der Waals surface area contributed by atoms with Crippen molar-refractivity contribution in [3.8, 4) is 17.2 Å². The van der Waals surface area contributed by atoms with Crippen molar-refractivity contribution >= 4 is 5.91 Å². The Morgan fingerprint density at radius 2 is 1.89 bits per heavy atom. The first kappa shape index (κ1) is 15.1. The fraction of sp³-hybridized carbons (Fsp3) is 0.462. The Balaban J connectivity index is 2.56. The number of carbonyl (C=O) groups is 1. The van der Waals surface area contributed by atoms with Crippen molar-refractivity contribution in [2.24, 2.45) is 5.73 Å². The highest BCUT2D eigenvalue weighted by atomic mass is 16.5. The van der Waals surface area contributed by atoms with E-state index in [1.54, 1.807) is 12.1 Å². The molecular formula is C13H20N2O4. The maximum atomic E-state index is 10.6. The van der Waals surface area contributed by atoms with E-state index in [1.165, 1.54) is 14.2 Å². The van der Waals surface area contributed by atoms with Gasteiger partial charge in [0.15, 0.2) is 11.5 Å². The van der Waals surface area contributed by atoms with Crippen molar-refractivity contribution in [2.45, 2.75) is 19.4 Å². The zero-order chi connectivity index (χ0) is 14.3. The van der Waals surface area contributed by atoms with Gasteiger partial charge in [0.25, 0.3) is 0 Å². The number of hydrogen-bond acceptors (Lipinski definition) is 5. The Morgan fingerprint density at radius 1 is 1.32 bits per heavy atom. The van der Waals surface area contributed by atoms with Gasteiger partial charge in [-0.2, -0.15) is 0 Å². The minimum absolute atomic E-state index is 0.0116. The molecule has 1 amide bonds. The van der Waals surface area contributed by atoms with Gasteiger partial charge in [0, 0.05) is 13.0 Å². The second-order valence-electron chi connectivity index (χ2n) is 4.10. The van der Waals surface area contributed by atoms with E-state index in [0.717, 1.165) is 5.56 Å². The highest BCUT2D eigenvalue weighted by Gasteiger charge is 2.10. The standard InChI is InChI=1S/C13H20N2O4/c1-18-10-6-9(7-11(19-2)13(10)17)8-15-5-3-4-12(14)16/h6-7,15,17H,3-5,8H2,1-2H3,(H2,14,16).